The van der Waals surface area contributed by atoms with Crippen LogP contribution in [0.1, 0.15) is 35.7 Å². The standard InChI is InChI=1S/C16H20N2O2S/c1-11-6-7-14-13(10-11)12-4-3-5-15-16(12)17(14)8-9-18(15)21(2,19)20/h6-7,10,15H,3-5,8-9H2,1-2H3. The van der Waals surface area contributed by atoms with Crippen molar-refractivity contribution < 1.29 is 8.42 Å². The normalized spacial score (nSPS) is 22.5. The van der Waals surface area contributed by atoms with Crippen LogP contribution < -0.4 is 0 Å². The smallest absolute Gasteiger partial charge is 0.211 e. The third kappa shape index (κ3) is 1.87. The Morgan fingerprint density at radius 2 is 2.05 bits per heavy atom. The first kappa shape index (κ1) is 13.3. The summed E-state index contributed by atoms with van der Waals surface area (Å²) in [5.41, 5.74) is 5.16. The van der Waals surface area contributed by atoms with Crippen LogP contribution in [0, 0.1) is 6.92 Å². The maximum atomic E-state index is 12.1. The molecule has 1 aromatic heterocycles. The van der Waals surface area contributed by atoms with Crippen LogP contribution >= 0.6 is 0 Å². The topological polar surface area (TPSA) is 42.3 Å². The van der Waals surface area contributed by atoms with Gasteiger partial charge in [-0.15, -0.1) is 0 Å². The number of aryl methyl sites for hydroxylation is 2. The van der Waals surface area contributed by atoms with Crippen LogP contribution in [-0.2, 0) is 23.0 Å². The molecule has 1 aliphatic carbocycles. The molecule has 1 aromatic carbocycles. The predicted octanol–water partition coefficient (Wildman–Crippen LogP) is 2.60. The van der Waals surface area contributed by atoms with Crippen LogP contribution in [0.5, 0.6) is 0 Å². The van der Waals surface area contributed by atoms with Gasteiger partial charge >= 0.3 is 0 Å². The van der Waals surface area contributed by atoms with E-state index in [2.05, 4.69) is 29.7 Å². The molecule has 0 amide bonds. The van der Waals surface area contributed by atoms with Crippen LogP contribution in [-0.4, -0.2) is 30.1 Å². The lowest BCUT2D eigenvalue weighted by molar-refractivity contribution is 0.244. The lowest BCUT2D eigenvalue weighted by Gasteiger charge is -2.38. The van der Waals surface area contributed by atoms with Gasteiger partial charge in [0.05, 0.1) is 12.3 Å². The first-order valence-electron chi connectivity index (χ1n) is 7.55. The van der Waals surface area contributed by atoms with Crippen molar-refractivity contribution >= 4 is 20.9 Å². The Hall–Kier alpha value is -1.33. The number of hydrogen-bond donors (Lipinski definition) is 0. The van der Waals surface area contributed by atoms with Gasteiger partial charge in [-0.3, -0.25) is 0 Å². The van der Waals surface area contributed by atoms with Crippen molar-refractivity contribution in [1.82, 2.24) is 8.87 Å². The van der Waals surface area contributed by atoms with Gasteiger partial charge in [-0.1, -0.05) is 11.6 Å². The second-order valence-electron chi connectivity index (χ2n) is 6.32. The summed E-state index contributed by atoms with van der Waals surface area (Å²) >= 11 is 0. The number of fused-ring (bicyclic) bond motifs is 3. The highest BCUT2D eigenvalue weighted by Crippen LogP contribution is 2.43. The lowest BCUT2D eigenvalue weighted by Crippen LogP contribution is -2.42. The summed E-state index contributed by atoms with van der Waals surface area (Å²) in [7, 11) is -3.14. The van der Waals surface area contributed by atoms with E-state index in [4.69, 9.17) is 0 Å². The molecule has 5 heteroatoms. The molecule has 112 valence electrons. The van der Waals surface area contributed by atoms with Crippen molar-refractivity contribution in [3.8, 4) is 0 Å². The second-order valence-corrected chi connectivity index (χ2v) is 8.25. The van der Waals surface area contributed by atoms with Crippen LogP contribution in [0.2, 0.25) is 0 Å². The van der Waals surface area contributed by atoms with E-state index in [9.17, 15) is 8.42 Å². The molecule has 0 radical (unpaired) electrons. The van der Waals surface area contributed by atoms with E-state index in [1.165, 1.54) is 34.0 Å². The largest absolute Gasteiger partial charge is 0.341 e. The number of aromatic nitrogens is 1. The fraction of sp³-hybridized carbons (Fsp3) is 0.500. The van der Waals surface area contributed by atoms with E-state index >= 15 is 0 Å². The SMILES string of the molecule is Cc1ccc2c(c1)c1c3n2CCN(S(C)(=O)=O)C3CCC1. The average molecular weight is 304 g/mol. The van der Waals surface area contributed by atoms with Crippen molar-refractivity contribution in [2.75, 3.05) is 12.8 Å². The van der Waals surface area contributed by atoms with Crippen LogP contribution in [0.3, 0.4) is 0 Å². The lowest BCUT2D eigenvalue weighted by atomic mass is 9.90. The summed E-state index contributed by atoms with van der Waals surface area (Å²) in [6.45, 7) is 3.47. The summed E-state index contributed by atoms with van der Waals surface area (Å²) in [6.07, 6.45) is 4.41. The molecule has 4 nitrogen and oxygen atoms in total. The molecule has 1 aliphatic heterocycles. The van der Waals surface area contributed by atoms with Crippen molar-refractivity contribution in [2.45, 2.75) is 38.8 Å². The zero-order valence-electron chi connectivity index (χ0n) is 12.5. The monoisotopic (exact) mass is 304 g/mol. The Kier molecular flexibility index (Phi) is 2.75. The average Bonchev–Trinajstić information content (AvgIpc) is 2.74. The van der Waals surface area contributed by atoms with Gasteiger partial charge in [0.2, 0.25) is 10.0 Å². The van der Waals surface area contributed by atoms with Crippen molar-refractivity contribution in [3.05, 3.63) is 35.0 Å². The molecule has 0 spiro atoms. The van der Waals surface area contributed by atoms with Gasteiger partial charge in [0, 0.05) is 29.7 Å². The Morgan fingerprint density at radius 1 is 1.24 bits per heavy atom. The van der Waals surface area contributed by atoms with Crippen LogP contribution in [0.4, 0.5) is 0 Å². The van der Waals surface area contributed by atoms with Gasteiger partial charge in [0.15, 0.2) is 0 Å². The summed E-state index contributed by atoms with van der Waals surface area (Å²) < 4.78 is 28.2. The maximum absolute atomic E-state index is 12.1. The highest BCUT2D eigenvalue weighted by molar-refractivity contribution is 7.88. The van der Waals surface area contributed by atoms with Crippen molar-refractivity contribution in [3.63, 3.8) is 0 Å². The quantitative estimate of drug-likeness (QED) is 0.812. The van der Waals surface area contributed by atoms with Gasteiger partial charge in [0.1, 0.15) is 0 Å². The molecule has 1 unspecified atom stereocenters. The molecular formula is C16H20N2O2S. The van der Waals surface area contributed by atoms with E-state index < -0.39 is 10.0 Å². The van der Waals surface area contributed by atoms with Gasteiger partial charge in [-0.25, -0.2) is 8.42 Å². The molecule has 4 rings (SSSR count). The summed E-state index contributed by atoms with van der Waals surface area (Å²) in [4.78, 5) is 0. The fourth-order valence-corrected chi connectivity index (χ4v) is 5.16. The highest BCUT2D eigenvalue weighted by atomic mass is 32.2. The zero-order chi connectivity index (χ0) is 14.8. The maximum Gasteiger partial charge on any atom is 0.211 e. The summed E-state index contributed by atoms with van der Waals surface area (Å²) in [5, 5.41) is 1.32. The van der Waals surface area contributed by atoms with E-state index in [0.29, 0.717) is 6.54 Å². The van der Waals surface area contributed by atoms with Gasteiger partial charge in [0.25, 0.3) is 0 Å². The highest BCUT2D eigenvalue weighted by Gasteiger charge is 2.38. The zero-order valence-corrected chi connectivity index (χ0v) is 13.3. The minimum Gasteiger partial charge on any atom is -0.341 e. The Morgan fingerprint density at radius 3 is 2.81 bits per heavy atom. The minimum atomic E-state index is -3.14. The first-order chi connectivity index (χ1) is 9.97. The van der Waals surface area contributed by atoms with Crippen molar-refractivity contribution in [2.24, 2.45) is 0 Å². The third-order valence-electron chi connectivity index (χ3n) is 4.91. The van der Waals surface area contributed by atoms with Gasteiger partial charge in [-0.05, 0) is 43.9 Å². The summed E-state index contributed by atoms with van der Waals surface area (Å²) in [5.74, 6) is 0. The Balaban J connectivity index is 2.00. The van der Waals surface area contributed by atoms with Crippen molar-refractivity contribution in [1.29, 1.82) is 0 Å². The summed E-state index contributed by atoms with van der Waals surface area (Å²) in [6, 6.07) is 6.62. The van der Waals surface area contributed by atoms with Gasteiger partial charge < -0.3 is 4.57 Å². The molecule has 1 atom stereocenters. The molecule has 2 heterocycles. The van der Waals surface area contributed by atoms with Crippen LogP contribution in [0.15, 0.2) is 18.2 Å². The van der Waals surface area contributed by atoms with E-state index in [1.807, 2.05) is 0 Å². The molecule has 0 bridgehead atoms. The molecule has 0 N–H and O–H groups in total. The van der Waals surface area contributed by atoms with Gasteiger partial charge in [-0.2, -0.15) is 4.31 Å². The molecule has 2 aromatic rings. The molecule has 0 saturated carbocycles. The number of nitrogens with zero attached hydrogens (tertiary/aromatic N) is 2. The number of rotatable bonds is 1. The fourth-order valence-electron chi connectivity index (χ4n) is 4.08. The molecule has 0 fully saturated rings. The Bertz CT molecular complexity index is 836. The number of benzene rings is 1. The van der Waals surface area contributed by atoms with E-state index in [-0.39, 0.29) is 6.04 Å². The minimum absolute atomic E-state index is 0.0326. The van der Waals surface area contributed by atoms with E-state index in [1.54, 1.807) is 4.31 Å². The molecule has 21 heavy (non-hydrogen) atoms. The second kappa shape index (κ2) is 4.34. The van der Waals surface area contributed by atoms with Crippen LogP contribution in [0.25, 0.3) is 10.9 Å². The van der Waals surface area contributed by atoms with E-state index in [0.717, 1.165) is 25.8 Å². The Labute approximate surface area is 125 Å². The molecular weight excluding hydrogens is 284 g/mol. The first-order valence-corrected chi connectivity index (χ1v) is 9.40. The predicted molar refractivity (Wildman–Crippen MR) is 83.9 cm³/mol. The number of sulfonamides is 1. The molecule has 0 saturated heterocycles. The number of hydrogen-bond acceptors (Lipinski definition) is 2. The third-order valence-corrected chi connectivity index (χ3v) is 6.19. The molecule has 2 aliphatic rings.